The molecule has 0 aliphatic carbocycles. The van der Waals surface area contributed by atoms with Crippen molar-refractivity contribution in [3.63, 3.8) is 0 Å². The zero-order valence-corrected chi connectivity index (χ0v) is 11.2. The van der Waals surface area contributed by atoms with Gasteiger partial charge in [0.1, 0.15) is 11.9 Å². The Labute approximate surface area is 121 Å². The van der Waals surface area contributed by atoms with E-state index in [0.29, 0.717) is 12.2 Å². The van der Waals surface area contributed by atoms with E-state index in [9.17, 15) is 4.39 Å². The summed E-state index contributed by atoms with van der Waals surface area (Å²) in [6, 6.07) is 18.1. The molecule has 0 radical (unpaired) electrons. The monoisotopic (exact) mass is 277 g/mol. The van der Waals surface area contributed by atoms with E-state index in [4.69, 9.17) is 5.26 Å². The van der Waals surface area contributed by atoms with Gasteiger partial charge in [0.25, 0.3) is 0 Å². The molecule has 0 atom stereocenters. The maximum Gasteiger partial charge on any atom is 0.141 e. The van der Waals surface area contributed by atoms with Gasteiger partial charge in [-0.2, -0.15) is 5.26 Å². The number of nitriles is 1. The first-order chi connectivity index (χ1) is 10.3. The van der Waals surface area contributed by atoms with Crippen LogP contribution in [-0.4, -0.2) is 4.98 Å². The van der Waals surface area contributed by atoms with Gasteiger partial charge in [0.05, 0.1) is 23.3 Å². The molecule has 0 aliphatic heterocycles. The van der Waals surface area contributed by atoms with Crippen molar-refractivity contribution in [2.75, 3.05) is 5.32 Å². The summed E-state index contributed by atoms with van der Waals surface area (Å²) in [5, 5.41) is 13.1. The SMILES string of the molecule is N#Cc1cc(NCc2ccc3ccccc3n2)ccc1F. The van der Waals surface area contributed by atoms with Crippen molar-refractivity contribution in [3.8, 4) is 6.07 Å². The number of halogens is 1. The molecule has 4 heteroatoms. The summed E-state index contributed by atoms with van der Waals surface area (Å²) >= 11 is 0. The highest BCUT2D eigenvalue weighted by molar-refractivity contribution is 5.78. The molecule has 1 N–H and O–H groups in total. The Balaban J connectivity index is 1.78. The van der Waals surface area contributed by atoms with Gasteiger partial charge in [-0.15, -0.1) is 0 Å². The van der Waals surface area contributed by atoms with Crippen molar-refractivity contribution in [1.29, 1.82) is 5.26 Å². The Morgan fingerprint density at radius 3 is 2.81 bits per heavy atom. The summed E-state index contributed by atoms with van der Waals surface area (Å²) < 4.78 is 13.2. The fraction of sp³-hybridized carbons (Fsp3) is 0.0588. The summed E-state index contributed by atoms with van der Waals surface area (Å²) in [6.07, 6.45) is 0. The van der Waals surface area contributed by atoms with Gasteiger partial charge in [0, 0.05) is 11.1 Å². The lowest BCUT2D eigenvalue weighted by atomic mass is 10.2. The molecule has 0 aliphatic rings. The summed E-state index contributed by atoms with van der Waals surface area (Å²) in [5.41, 5.74) is 2.56. The third kappa shape index (κ3) is 2.82. The van der Waals surface area contributed by atoms with Crippen molar-refractivity contribution in [3.05, 3.63) is 71.7 Å². The average molecular weight is 277 g/mol. The molecule has 0 saturated carbocycles. The van der Waals surface area contributed by atoms with Crippen LogP contribution in [0.3, 0.4) is 0 Å². The zero-order valence-electron chi connectivity index (χ0n) is 11.2. The molecule has 0 saturated heterocycles. The first-order valence-electron chi connectivity index (χ1n) is 6.54. The van der Waals surface area contributed by atoms with Crippen LogP contribution in [0.5, 0.6) is 0 Å². The quantitative estimate of drug-likeness (QED) is 0.791. The molecular formula is C17H12FN3. The van der Waals surface area contributed by atoms with Gasteiger partial charge in [-0.05, 0) is 30.3 Å². The third-order valence-electron chi connectivity index (χ3n) is 3.22. The second kappa shape index (κ2) is 5.59. The lowest BCUT2D eigenvalue weighted by Gasteiger charge is -2.07. The van der Waals surface area contributed by atoms with Gasteiger partial charge < -0.3 is 5.32 Å². The summed E-state index contributed by atoms with van der Waals surface area (Å²) in [7, 11) is 0. The summed E-state index contributed by atoms with van der Waals surface area (Å²) in [4.78, 5) is 4.55. The van der Waals surface area contributed by atoms with E-state index in [2.05, 4.69) is 10.3 Å². The first kappa shape index (κ1) is 13.1. The van der Waals surface area contributed by atoms with Gasteiger partial charge in [0.2, 0.25) is 0 Å². The largest absolute Gasteiger partial charge is 0.379 e. The number of anilines is 1. The zero-order chi connectivity index (χ0) is 14.7. The Bertz CT molecular complexity index is 837. The number of hydrogen-bond acceptors (Lipinski definition) is 3. The fourth-order valence-electron chi connectivity index (χ4n) is 2.12. The molecule has 1 heterocycles. The molecule has 2 aromatic carbocycles. The molecule has 102 valence electrons. The molecular weight excluding hydrogens is 265 g/mol. The summed E-state index contributed by atoms with van der Waals surface area (Å²) in [5.74, 6) is -0.508. The van der Waals surface area contributed by atoms with E-state index in [1.54, 1.807) is 6.07 Å². The number of para-hydroxylation sites is 1. The van der Waals surface area contributed by atoms with Crippen LogP contribution in [0.25, 0.3) is 10.9 Å². The summed E-state index contributed by atoms with van der Waals surface area (Å²) in [6.45, 7) is 0.515. The molecule has 0 unspecified atom stereocenters. The standard InChI is InChI=1S/C17H12FN3/c18-16-8-7-14(9-13(16)10-19)20-11-15-6-5-12-3-1-2-4-17(12)21-15/h1-9,20H,11H2. The molecule has 1 aromatic heterocycles. The third-order valence-corrected chi connectivity index (χ3v) is 3.22. The fourth-order valence-corrected chi connectivity index (χ4v) is 2.12. The lowest BCUT2D eigenvalue weighted by molar-refractivity contribution is 0.624. The smallest absolute Gasteiger partial charge is 0.141 e. The van der Waals surface area contributed by atoms with Gasteiger partial charge in [-0.1, -0.05) is 24.3 Å². The molecule has 3 rings (SSSR count). The molecule has 0 spiro atoms. The van der Waals surface area contributed by atoms with Crippen molar-refractivity contribution in [1.82, 2.24) is 4.98 Å². The minimum Gasteiger partial charge on any atom is -0.379 e. The van der Waals surface area contributed by atoms with E-state index in [1.165, 1.54) is 12.1 Å². The average Bonchev–Trinajstić information content (AvgIpc) is 2.54. The Kier molecular flexibility index (Phi) is 3.48. The van der Waals surface area contributed by atoms with Crippen LogP contribution in [0.2, 0.25) is 0 Å². The normalized spacial score (nSPS) is 10.3. The molecule has 3 aromatic rings. The number of benzene rings is 2. The van der Waals surface area contributed by atoms with Crippen LogP contribution in [0.1, 0.15) is 11.3 Å². The molecule has 0 fully saturated rings. The predicted octanol–water partition coefficient (Wildman–Crippen LogP) is 3.86. The van der Waals surface area contributed by atoms with Gasteiger partial charge in [-0.3, -0.25) is 4.98 Å². The Morgan fingerprint density at radius 2 is 1.95 bits per heavy atom. The maximum atomic E-state index is 13.2. The van der Waals surface area contributed by atoms with Gasteiger partial charge >= 0.3 is 0 Å². The molecule has 21 heavy (non-hydrogen) atoms. The Morgan fingerprint density at radius 1 is 1.10 bits per heavy atom. The van der Waals surface area contributed by atoms with Crippen LogP contribution >= 0.6 is 0 Å². The second-order valence-corrected chi connectivity index (χ2v) is 4.66. The topological polar surface area (TPSA) is 48.7 Å². The van der Waals surface area contributed by atoms with Crippen molar-refractivity contribution in [2.45, 2.75) is 6.54 Å². The van der Waals surface area contributed by atoms with Crippen molar-refractivity contribution >= 4 is 16.6 Å². The van der Waals surface area contributed by atoms with Crippen LogP contribution in [0.4, 0.5) is 10.1 Å². The highest BCUT2D eigenvalue weighted by Gasteiger charge is 2.03. The highest BCUT2D eigenvalue weighted by Crippen LogP contribution is 2.16. The van der Waals surface area contributed by atoms with E-state index in [0.717, 1.165) is 16.6 Å². The number of hydrogen-bond donors (Lipinski definition) is 1. The van der Waals surface area contributed by atoms with E-state index in [1.807, 2.05) is 42.5 Å². The highest BCUT2D eigenvalue weighted by atomic mass is 19.1. The number of aromatic nitrogens is 1. The predicted molar refractivity (Wildman–Crippen MR) is 80.2 cm³/mol. The number of fused-ring (bicyclic) bond motifs is 1. The van der Waals surface area contributed by atoms with Gasteiger partial charge in [0.15, 0.2) is 0 Å². The molecule has 0 bridgehead atoms. The lowest BCUT2D eigenvalue weighted by Crippen LogP contribution is -2.02. The minimum absolute atomic E-state index is 0.0338. The maximum absolute atomic E-state index is 13.2. The number of nitrogens with one attached hydrogen (secondary N) is 1. The number of rotatable bonds is 3. The molecule has 3 nitrogen and oxygen atoms in total. The van der Waals surface area contributed by atoms with Crippen LogP contribution in [-0.2, 0) is 6.54 Å². The van der Waals surface area contributed by atoms with Crippen LogP contribution in [0, 0.1) is 17.1 Å². The number of pyridine rings is 1. The van der Waals surface area contributed by atoms with Crippen molar-refractivity contribution < 1.29 is 4.39 Å². The first-order valence-corrected chi connectivity index (χ1v) is 6.54. The number of nitrogens with zero attached hydrogens (tertiary/aromatic N) is 2. The molecule has 0 amide bonds. The second-order valence-electron chi connectivity index (χ2n) is 4.66. The van der Waals surface area contributed by atoms with Crippen LogP contribution in [0.15, 0.2) is 54.6 Å². The van der Waals surface area contributed by atoms with Crippen molar-refractivity contribution in [2.24, 2.45) is 0 Å². The van der Waals surface area contributed by atoms with E-state index >= 15 is 0 Å². The van der Waals surface area contributed by atoms with Gasteiger partial charge in [-0.25, -0.2) is 4.39 Å². The Hall–Kier alpha value is -2.93. The minimum atomic E-state index is -0.508. The van der Waals surface area contributed by atoms with E-state index < -0.39 is 5.82 Å². The van der Waals surface area contributed by atoms with E-state index in [-0.39, 0.29) is 5.56 Å². The van der Waals surface area contributed by atoms with Crippen LogP contribution < -0.4 is 5.32 Å².